The molecule has 2 aromatic rings. The van der Waals surface area contributed by atoms with Crippen molar-refractivity contribution in [3.05, 3.63) is 47.5 Å². The van der Waals surface area contributed by atoms with Gasteiger partial charge in [-0.3, -0.25) is 9.11 Å². The molecule has 0 aliphatic heterocycles. The van der Waals surface area contributed by atoms with Crippen LogP contribution in [-0.4, -0.2) is 25.9 Å². The lowest BCUT2D eigenvalue weighted by Gasteiger charge is -2.09. The summed E-state index contributed by atoms with van der Waals surface area (Å²) in [6, 6.07) is 8.09. The van der Waals surface area contributed by atoms with E-state index in [1.165, 1.54) is 36.4 Å². The van der Waals surface area contributed by atoms with E-state index in [0.29, 0.717) is 11.1 Å². The number of rotatable bonds is 4. The van der Waals surface area contributed by atoms with Gasteiger partial charge in [-0.2, -0.15) is 16.8 Å². The maximum Gasteiger partial charge on any atom is 0.296 e. The van der Waals surface area contributed by atoms with E-state index < -0.39 is 30.0 Å². The van der Waals surface area contributed by atoms with Crippen molar-refractivity contribution in [1.29, 1.82) is 0 Å². The Hall–Kier alpha value is -2.14. The Bertz CT molecular complexity index is 888. The SMILES string of the molecule is Nc1ccc(Cc2ccc(N)c(S(=O)(=O)O)c2)cc1S(=O)(=O)O. The molecule has 0 unspecified atom stereocenters. The van der Waals surface area contributed by atoms with Gasteiger partial charge in [0, 0.05) is 0 Å². The van der Waals surface area contributed by atoms with Crippen LogP contribution in [0.15, 0.2) is 46.2 Å². The summed E-state index contributed by atoms with van der Waals surface area (Å²) in [5.74, 6) is 0. The summed E-state index contributed by atoms with van der Waals surface area (Å²) < 4.78 is 63.2. The van der Waals surface area contributed by atoms with E-state index >= 15 is 0 Å². The van der Waals surface area contributed by atoms with Crippen LogP contribution in [0.4, 0.5) is 11.4 Å². The first-order valence-corrected chi connectivity index (χ1v) is 9.08. The second-order valence-corrected chi connectivity index (χ2v) is 7.65. The smallest absolute Gasteiger partial charge is 0.296 e. The molecule has 6 N–H and O–H groups in total. The molecule has 0 amide bonds. The molecular formula is C13H14N2O6S2. The van der Waals surface area contributed by atoms with Gasteiger partial charge >= 0.3 is 0 Å². The number of nitrogen functional groups attached to an aromatic ring is 2. The molecule has 2 aromatic carbocycles. The molecule has 0 saturated carbocycles. The molecule has 0 spiro atoms. The minimum absolute atomic E-state index is 0.104. The average molecular weight is 358 g/mol. The van der Waals surface area contributed by atoms with Crippen molar-refractivity contribution in [3.63, 3.8) is 0 Å². The first-order chi connectivity index (χ1) is 10.5. The van der Waals surface area contributed by atoms with Gasteiger partial charge in [0.15, 0.2) is 0 Å². The molecule has 0 bridgehead atoms. The predicted molar refractivity (Wildman–Crippen MR) is 84.1 cm³/mol. The Kier molecular flexibility index (Phi) is 4.35. The zero-order valence-electron chi connectivity index (χ0n) is 11.7. The van der Waals surface area contributed by atoms with E-state index in [0.717, 1.165) is 0 Å². The Morgan fingerprint density at radius 3 is 1.39 bits per heavy atom. The third kappa shape index (κ3) is 3.99. The molecule has 10 heteroatoms. The van der Waals surface area contributed by atoms with Crippen molar-refractivity contribution in [2.24, 2.45) is 0 Å². The maximum atomic E-state index is 11.2. The molecule has 2 rings (SSSR count). The lowest BCUT2D eigenvalue weighted by molar-refractivity contribution is 0.481. The standard InChI is InChI=1S/C13H14N2O6S2/c14-10-3-1-8(6-12(10)22(16,17)18)5-9-2-4-11(15)13(7-9)23(19,20)21/h1-4,6-7H,5,14-15H2,(H,16,17,18)(H,19,20,21). The quantitative estimate of drug-likeness (QED) is 0.463. The topological polar surface area (TPSA) is 161 Å². The van der Waals surface area contributed by atoms with E-state index in [9.17, 15) is 16.8 Å². The van der Waals surface area contributed by atoms with Gasteiger partial charge in [-0.05, 0) is 41.8 Å². The monoisotopic (exact) mass is 358 g/mol. The third-order valence-corrected chi connectivity index (χ3v) is 4.94. The van der Waals surface area contributed by atoms with Gasteiger partial charge in [-0.15, -0.1) is 0 Å². The van der Waals surface area contributed by atoms with Crippen LogP contribution in [0.25, 0.3) is 0 Å². The van der Waals surface area contributed by atoms with Crippen LogP contribution < -0.4 is 11.5 Å². The fourth-order valence-corrected chi connectivity index (χ4v) is 3.39. The zero-order valence-corrected chi connectivity index (χ0v) is 13.3. The predicted octanol–water partition coefficient (Wildman–Crippen LogP) is 0.935. The van der Waals surface area contributed by atoms with Crippen molar-refractivity contribution in [3.8, 4) is 0 Å². The lowest BCUT2D eigenvalue weighted by Crippen LogP contribution is -2.05. The highest BCUT2D eigenvalue weighted by molar-refractivity contribution is 7.86. The van der Waals surface area contributed by atoms with Crippen molar-refractivity contribution < 1.29 is 25.9 Å². The van der Waals surface area contributed by atoms with Crippen LogP contribution in [0.5, 0.6) is 0 Å². The molecule has 0 fully saturated rings. The molecular weight excluding hydrogens is 344 g/mol. The normalized spacial score (nSPS) is 12.3. The second kappa shape index (κ2) is 5.81. The molecule has 0 aromatic heterocycles. The van der Waals surface area contributed by atoms with Crippen LogP contribution in [0.3, 0.4) is 0 Å². The van der Waals surface area contributed by atoms with Gasteiger partial charge in [0.25, 0.3) is 20.2 Å². The number of anilines is 2. The first kappa shape index (κ1) is 17.2. The molecule has 124 valence electrons. The summed E-state index contributed by atoms with van der Waals surface area (Å²) in [4.78, 5) is -0.860. The molecule has 0 aliphatic carbocycles. The summed E-state index contributed by atoms with van der Waals surface area (Å²) in [6.45, 7) is 0. The van der Waals surface area contributed by atoms with E-state index in [1.807, 2.05) is 0 Å². The van der Waals surface area contributed by atoms with Crippen molar-refractivity contribution in [1.82, 2.24) is 0 Å². The zero-order chi connectivity index (χ0) is 17.4. The number of hydrogen-bond donors (Lipinski definition) is 4. The Morgan fingerprint density at radius 2 is 1.09 bits per heavy atom. The maximum absolute atomic E-state index is 11.2. The second-order valence-electron chi connectivity index (χ2n) is 4.87. The summed E-state index contributed by atoms with van der Waals surface area (Å²) in [5, 5.41) is 0. The summed E-state index contributed by atoms with van der Waals surface area (Å²) in [5.41, 5.74) is 11.7. The van der Waals surface area contributed by atoms with Gasteiger partial charge in [0.1, 0.15) is 9.79 Å². The molecule has 23 heavy (non-hydrogen) atoms. The summed E-state index contributed by atoms with van der Waals surface area (Å²) in [7, 11) is -8.93. The fourth-order valence-electron chi connectivity index (χ4n) is 2.06. The van der Waals surface area contributed by atoms with Crippen LogP contribution in [0.1, 0.15) is 11.1 Å². The molecule has 0 heterocycles. The highest BCUT2D eigenvalue weighted by Gasteiger charge is 2.17. The van der Waals surface area contributed by atoms with Crippen LogP contribution in [0.2, 0.25) is 0 Å². The van der Waals surface area contributed by atoms with Gasteiger partial charge < -0.3 is 11.5 Å². The van der Waals surface area contributed by atoms with Gasteiger partial charge in [0.2, 0.25) is 0 Å². The highest BCUT2D eigenvalue weighted by atomic mass is 32.2. The molecule has 0 aliphatic rings. The summed E-state index contributed by atoms with van der Waals surface area (Å²) in [6.07, 6.45) is 0.144. The fraction of sp³-hybridized carbons (Fsp3) is 0.0769. The van der Waals surface area contributed by atoms with Crippen molar-refractivity contribution in [2.45, 2.75) is 16.2 Å². The van der Waals surface area contributed by atoms with Crippen molar-refractivity contribution >= 4 is 31.6 Å². The van der Waals surface area contributed by atoms with E-state index in [4.69, 9.17) is 20.6 Å². The number of benzene rings is 2. The molecule has 0 radical (unpaired) electrons. The van der Waals surface area contributed by atoms with E-state index in [1.54, 1.807) is 0 Å². The van der Waals surface area contributed by atoms with E-state index in [-0.39, 0.29) is 17.8 Å². The largest absolute Gasteiger partial charge is 0.398 e. The van der Waals surface area contributed by atoms with Crippen LogP contribution in [0, 0.1) is 0 Å². The Morgan fingerprint density at radius 1 is 0.739 bits per heavy atom. The van der Waals surface area contributed by atoms with Gasteiger partial charge in [-0.1, -0.05) is 12.1 Å². The minimum atomic E-state index is -4.47. The Balaban J connectivity index is 2.45. The average Bonchev–Trinajstić information content (AvgIpc) is 2.40. The lowest BCUT2D eigenvalue weighted by atomic mass is 10.0. The minimum Gasteiger partial charge on any atom is -0.398 e. The highest BCUT2D eigenvalue weighted by Crippen LogP contribution is 2.24. The first-order valence-electron chi connectivity index (χ1n) is 6.20. The number of hydrogen-bond acceptors (Lipinski definition) is 6. The van der Waals surface area contributed by atoms with Crippen LogP contribution in [-0.2, 0) is 26.7 Å². The summed E-state index contributed by atoms with van der Waals surface area (Å²) >= 11 is 0. The van der Waals surface area contributed by atoms with Gasteiger partial charge in [0.05, 0.1) is 11.4 Å². The van der Waals surface area contributed by atoms with Crippen LogP contribution >= 0.6 is 0 Å². The molecule has 8 nitrogen and oxygen atoms in total. The van der Waals surface area contributed by atoms with Crippen molar-refractivity contribution in [2.75, 3.05) is 11.5 Å². The van der Waals surface area contributed by atoms with Gasteiger partial charge in [-0.25, -0.2) is 0 Å². The third-order valence-electron chi connectivity index (χ3n) is 3.12. The molecule has 0 atom stereocenters. The van der Waals surface area contributed by atoms with E-state index in [2.05, 4.69) is 0 Å². The Labute approximate surface area is 133 Å². The number of nitrogens with two attached hydrogens (primary N) is 2. The molecule has 0 saturated heterocycles.